The lowest BCUT2D eigenvalue weighted by Gasteiger charge is -2.17. The van der Waals surface area contributed by atoms with Gasteiger partial charge in [0, 0.05) is 19.7 Å². The van der Waals surface area contributed by atoms with Crippen molar-refractivity contribution in [2.24, 2.45) is 0 Å². The van der Waals surface area contributed by atoms with Crippen molar-refractivity contribution < 1.29 is 9.84 Å². The standard InChI is InChI=1S/C14H23NO2/c1-11-6-4-5-7-13(11)8-12(2)15-9-14(16)10-17-3/h4-7,12,14-16H,8-10H2,1-3H3/t12-,14+/m0/s1. The van der Waals surface area contributed by atoms with Crippen LogP contribution < -0.4 is 5.32 Å². The van der Waals surface area contributed by atoms with Crippen molar-refractivity contribution in [3.63, 3.8) is 0 Å². The first-order valence-electron chi connectivity index (χ1n) is 6.08. The second-order valence-corrected chi connectivity index (χ2v) is 4.55. The molecular weight excluding hydrogens is 214 g/mol. The average Bonchev–Trinajstić information content (AvgIpc) is 2.30. The summed E-state index contributed by atoms with van der Waals surface area (Å²) in [5.74, 6) is 0. The van der Waals surface area contributed by atoms with Crippen molar-refractivity contribution in [1.82, 2.24) is 5.32 Å². The van der Waals surface area contributed by atoms with Gasteiger partial charge in [0.2, 0.25) is 0 Å². The normalized spacial score (nSPS) is 14.6. The van der Waals surface area contributed by atoms with E-state index in [2.05, 4.69) is 43.4 Å². The summed E-state index contributed by atoms with van der Waals surface area (Å²) in [5.41, 5.74) is 2.67. The monoisotopic (exact) mass is 237 g/mol. The molecule has 0 bridgehead atoms. The van der Waals surface area contributed by atoms with Gasteiger partial charge in [-0.05, 0) is 31.4 Å². The van der Waals surface area contributed by atoms with Gasteiger partial charge in [-0.1, -0.05) is 24.3 Å². The third-order valence-corrected chi connectivity index (χ3v) is 2.85. The highest BCUT2D eigenvalue weighted by Gasteiger charge is 2.08. The molecule has 1 aromatic carbocycles. The minimum atomic E-state index is -0.431. The number of methoxy groups -OCH3 is 1. The van der Waals surface area contributed by atoms with Crippen LogP contribution in [0.15, 0.2) is 24.3 Å². The van der Waals surface area contributed by atoms with Crippen molar-refractivity contribution in [3.8, 4) is 0 Å². The Bertz CT molecular complexity index is 328. The summed E-state index contributed by atoms with van der Waals surface area (Å²) < 4.78 is 4.88. The number of aliphatic hydroxyl groups excluding tert-OH is 1. The Kier molecular flexibility index (Phi) is 6.19. The Balaban J connectivity index is 2.34. The third-order valence-electron chi connectivity index (χ3n) is 2.85. The largest absolute Gasteiger partial charge is 0.389 e. The number of ether oxygens (including phenoxy) is 1. The molecule has 0 aliphatic heterocycles. The Labute approximate surface area is 104 Å². The predicted molar refractivity (Wildman–Crippen MR) is 70.2 cm³/mol. The molecule has 2 N–H and O–H groups in total. The molecule has 1 aromatic rings. The van der Waals surface area contributed by atoms with Gasteiger partial charge in [0.25, 0.3) is 0 Å². The molecule has 0 aliphatic rings. The molecule has 0 unspecified atom stereocenters. The first-order chi connectivity index (χ1) is 8.13. The molecule has 0 fully saturated rings. The van der Waals surface area contributed by atoms with Crippen LogP contribution in [-0.4, -0.2) is 37.5 Å². The van der Waals surface area contributed by atoms with Gasteiger partial charge in [-0.2, -0.15) is 0 Å². The van der Waals surface area contributed by atoms with E-state index in [-0.39, 0.29) is 0 Å². The molecule has 0 aromatic heterocycles. The lowest BCUT2D eigenvalue weighted by molar-refractivity contribution is 0.0631. The van der Waals surface area contributed by atoms with Crippen LogP contribution >= 0.6 is 0 Å². The van der Waals surface area contributed by atoms with E-state index in [9.17, 15) is 5.11 Å². The molecule has 1 rings (SSSR count). The van der Waals surface area contributed by atoms with E-state index in [0.717, 1.165) is 6.42 Å². The molecule has 0 heterocycles. The second kappa shape index (κ2) is 7.43. The van der Waals surface area contributed by atoms with Crippen LogP contribution in [0.1, 0.15) is 18.1 Å². The summed E-state index contributed by atoms with van der Waals surface area (Å²) in [6, 6.07) is 8.75. The number of nitrogens with one attached hydrogen (secondary N) is 1. The van der Waals surface area contributed by atoms with Crippen molar-refractivity contribution in [1.29, 1.82) is 0 Å². The van der Waals surface area contributed by atoms with E-state index in [1.807, 2.05) is 0 Å². The first kappa shape index (κ1) is 14.2. The fourth-order valence-corrected chi connectivity index (χ4v) is 1.83. The molecule has 0 spiro atoms. The number of aliphatic hydroxyl groups is 1. The van der Waals surface area contributed by atoms with E-state index >= 15 is 0 Å². The zero-order valence-electron chi connectivity index (χ0n) is 10.9. The Morgan fingerprint density at radius 1 is 1.35 bits per heavy atom. The highest BCUT2D eigenvalue weighted by Crippen LogP contribution is 2.09. The summed E-state index contributed by atoms with van der Waals surface area (Å²) in [7, 11) is 1.60. The molecular formula is C14H23NO2. The summed E-state index contributed by atoms with van der Waals surface area (Å²) in [5, 5.41) is 12.8. The van der Waals surface area contributed by atoms with Gasteiger partial charge in [0.1, 0.15) is 0 Å². The van der Waals surface area contributed by atoms with Gasteiger partial charge in [-0.25, -0.2) is 0 Å². The number of hydrogen-bond acceptors (Lipinski definition) is 3. The Morgan fingerprint density at radius 3 is 2.71 bits per heavy atom. The molecule has 0 saturated heterocycles. The van der Waals surface area contributed by atoms with Gasteiger partial charge in [-0.15, -0.1) is 0 Å². The van der Waals surface area contributed by atoms with Crippen molar-refractivity contribution in [3.05, 3.63) is 35.4 Å². The quantitative estimate of drug-likeness (QED) is 0.755. The maximum Gasteiger partial charge on any atom is 0.0897 e. The van der Waals surface area contributed by atoms with Crippen LogP contribution in [0.25, 0.3) is 0 Å². The van der Waals surface area contributed by atoms with E-state index in [4.69, 9.17) is 4.74 Å². The lowest BCUT2D eigenvalue weighted by atomic mass is 10.0. The number of hydrogen-bond donors (Lipinski definition) is 2. The summed E-state index contributed by atoms with van der Waals surface area (Å²) in [6.07, 6.45) is 0.547. The van der Waals surface area contributed by atoms with Crippen LogP contribution in [0.3, 0.4) is 0 Å². The number of rotatable bonds is 7. The predicted octanol–water partition coefficient (Wildman–Crippen LogP) is 1.52. The average molecular weight is 237 g/mol. The Morgan fingerprint density at radius 2 is 2.06 bits per heavy atom. The van der Waals surface area contributed by atoms with Crippen LogP contribution in [0.5, 0.6) is 0 Å². The SMILES string of the molecule is COC[C@H](O)CN[C@@H](C)Cc1ccccc1C. The zero-order chi connectivity index (χ0) is 12.7. The summed E-state index contributed by atoms with van der Waals surface area (Å²) in [6.45, 7) is 5.21. The highest BCUT2D eigenvalue weighted by atomic mass is 16.5. The molecule has 0 amide bonds. The van der Waals surface area contributed by atoms with Crippen molar-refractivity contribution in [2.45, 2.75) is 32.4 Å². The molecule has 3 nitrogen and oxygen atoms in total. The summed E-state index contributed by atoms with van der Waals surface area (Å²) >= 11 is 0. The summed E-state index contributed by atoms with van der Waals surface area (Å²) in [4.78, 5) is 0. The maximum absolute atomic E-state index is 9.53. The topological polar surface area (TPSA) is 41.5 Å². The Hall–Kier alpha value is -0.900. The third kappa shape index (κ3) is 5.31. The van der Waals surface area contributed by atoms with E-state index in [1.54, 1.807) is 7.11 Å². The van der Waals surface area contributed by atoms with Gasteiger partial charge < -0.3 is 15.2 Å². The van der Waals surface area contributed by atoms with E-state index in [0.29, 0.717) is 19.2 Å². The van der Waals surface area contributed by atoms with Crippen LogP contribution in [0, 0.1) is 6.92 Å². The fourth-order valence-electron chi connectivity index (χ4n) is 1.83. The fraction of sp³-hybridized carbons (Fsp3) is 0.571. The molecule has 0 saturated carbocycles. The van der Waals surface area contributed by atoms with E-state index < -0.39 is 6.10 Å². The van der Waals surface area contributed by atoms with Crippen molar-refractivity contribution in [2.75, 3.05) is 20.3 Å². The minimum Gasteiger partial charge on any atom is -0.389 e. The van der Waals surface area contributed by atoms with Gasteiger partial charge in [0.15, 0.2) is 0 Å². The first-order valence-corrected chi connectivity index (χ1v) is 6.08. The smallest absolute Gasteiger partial charge is 0.0897 e. The second-order valence-electron chi connectivity index (χ2n) is 4.55. The molecule has 2 atom stereocenters. The maximum atomic E-state index is 9.53. The number of benzene rings is 1. The number of aryl methyl sites for hydroxylation is 1. The van der Waals surface area contributed by atoms with Crippen molar-refractivity contribution >= 4 is 0 Å². The molecule has 0 radical (unpaired) electrons. The molecule has 17 heavy (non-hydrogen) atoms. The van der Waals surface area contributed by atoms with Crippen LogP contribution in [0.2, 0.25) is 0 Å². The zero-order valence-corrected chi connectivity index (χ0v) is 10.9. The van der Waals surface area contributed by atoms with E-state index in [1.165, 1.54) is 11.1 Å². The molecule has 3 heteroatoms. The van der Waals surface area contributed by atoms with Gasteiger partial charge >= 0.3 is 0 Å². The van der Waals surface area contributed by atoms with Gasteiger partial charge in [0.05, 0.1) is 12.7 Å². The molecule has 0 aliphatic carbocycles. The lowest BCUT2D eigenvalue weighted by Crippen LogP contribution is -2.36. The molecule has 96 valence electrons. The highest BCUT2D eigenvalue weighted by molar-refractivity contribution is 5.26. The van der Waals surface area contributed by atoms with Crippen LogP contribution in [-0.2, 0) is 11.2 Å². The minimum absolute atomic E-state index is 0.350. The van der Waals surface area contributed by atoms with Gasteiger partial charge in [-0.3, -0.25) is 0 Å². The van der Waals surface area contributed by atoms with Crippen LogP contribution in [0.4, 0.5) is 0 Å².